The number of rotatable bonds is 6. The molecule has 1 saturated carbocycles. The average Bonchev–Trinajstić information content (AvgIpc) is 3.09. The number of hydrogen-bond acceptors (Lipinski definition) is 7. The van der Waals surface area contributed by atoms with Crippen molar-refractivity contribution in [2.24, 2.45) is 16.8 Å². The summed E-state index contributed by atoms with van der Waals surface area (Å²) in [6.07, 6.45) is 3.66. The average molecular weight is 493 g/mol. The summed E-state index contributed by atoms with van der Waals surface area (Å²) in [5.74, 6) is 1.14. The molecule has 1 spiro atoms. The molecule has 1 aromatic rings. The molecule has 2 fully saturated rings. The molecule has 1 unspecified atom stereocenters. The maximum Gasteiger partial charge on any atom is 0.253 e. The predicted molar refractivity (Wildman–Crippen MR) is 130 cm³/mol. The zero-order valence-corrected chi connectivity index (χ0v) is 20.8. The highest BCUT2D eigenvalue weighted by molar-refractivity contribution is 7.89. The van der Waals surface area contributed by atoms with E-state index in [1.807, 2.05) is 0 Å². The summed E-state index contributed by atoms with van der Waals surface area (Å²) in [4.78, 5) is 17.7. The molecule has 1 saturated heterocycles. The van der Waals surface area contributed by atoms with Crippen LogP contribution in [0.25, 0.3) is 0 Å². The first-order valence-corrected chi connectivity index (χ1v) is 13.7. The topological polar surface area (TPSA) is 145 Å². The molecule has 5 N–H and O–H groups in total. The Morgan fingerprint density at radius 2 is 1.88 bits per heavy atom. The number of anilines is 1. The van der Waals surface area contributed by atoms with Crippen LogP contribution in [-0.2, 0) is 21.4 Å². The van der Waals surface area contributed by atoms with E-state index in [1.54, 1.807) is 19.1 Å². The van der Waals surface area contributed by atoms with Crippen molar-refractivity contribution in [3.05, 3.63) is 28.8 Å². The zero-order chi connectivity index (χ0) is 24.7. The van der Waals surface area contributed by atoms with Crippen molar-refractivity contribution < 1.29 is 23.4 Å². The Hall–Kier alpha value is -2.01. The van der Waals surface area contributed by atoms with Crippen LogP contribution < -0.4 is 11.1 Å². The number of nitrogens with zero attached hydrogens (tertiary/aromatic N) is 2. The number of aliphatic imine (C=N–C) groups is 1. The molecule has 0 bridgehead atoms. The number of hydrogen-bond donors (Lipinski definition) is 4. The molecular formula is C24H36N4O5S. The molecule has 10 heteroatoms. The van der Waals surface area contributed by atoms with Gasteiger partial charge in [-0.05, 0) is 67.3 Å². The standard InChI is InChI=1S/C24H36N4O5S/c1-15-3-5-17(6-4-15)22-26-23(31)24(27-22)7-9-28(10-8-24)34(32,33)14-20(30)21-16(2)11-19(25)12-18(21)13-29/h11-12,15,17,20,29-30H,3-10,13-14,25H2,1-2H3,(H,26,27,31). The van der Waals surface area contributed by atoms with Crippen molar-refractivity contribution in [3.8, 4) is 0 Å². The lowest BCUT2D eigenvalue weighted by atomic mass is 9.82. The van der Waals surface area contributed by atoms with Gasteiger partial charge in [0.05, 0.1) is 18.5 Å². The quantitative estimate of drug-likeness (QED) is 0.444. The van der Waals surface area contributed by atoms with Crippen LogP contribution in [0.3, 0.4) is 0 Å². The van der Waals surface area contributed by atoms with Crippen LogP contribution in [0.1, 0.15) is 68.2 Å². The molecule has 0 aromatic heterocycles. The molecule has 188 valence electrons. The van der Waals surface area contributed by atoms with Crippen molar-refractivity contribution >= 4 is 27.5 Å². The maximum absolute atomic E-state index is 13.1. The summed E-state index contributed by atoms with van der Waals surface area (Å²) in [5, 5.41) is 23.4. The van der Waals surface area contributed by atoms with Crippen LogP contribution >= 0.6 is 0 Å². The van der Waals surface area contributed by atoms with E-state index in [-0.39, 0.29) is 31.5 Å². The Bertz CT molecular complexity index is 1070. The van der Waals surface area contributed by atoms with E-state index in [0.717, 1.165) is 31.5 Å². The van der Waals surface area contributed by atoms with Gasteiger partial charge in [-0.25, -0.2) is 12.7 Å². The predicted octanol–water partition coefficient (Wildman–Crippen LogP) is 1.62. The van der Waals surface area contributed by atoms with Crippen LogP contribution in [0.5, 0.6) is 0 Å². The second-order valence-electron chi connectivity index (χ2n) is 10.2. The number of aliphatic hydroxyl groups excluding tert-OH is 2. The first kappa shape index (κ1) is 25.1. The molecular weight excluding hydrogens is 456 g/mol. The number of benzene rings is 1. The van der Waals surface area contributed by atoms with Crippen LogP contribution in [-0.4, -0.2) is 59.1 Å². The van der Waals surface area contributed by atoms with E-state index in [9.17, 15) is 23.4 Å². The fraction of sp³-hybridized carbons (Fsp3) is 0.667. The Labute approximate surface area is 201 Å². The second-order valence-corrected chi connectivity index (χ2v) is 12.2. The number of amides is 1. The number of sulfonamides is 1. The molecule has 1 aliphatic carbocycles. The third kappa shape index (κ3) is 4.86. The highest BCUT2D eigenvalue weighted by atomic mass is 32.2. The Kier molecular flexibility index (Phi) is 7.06. The second kappa shape index (κ2) is 9.56. The van der Waals surface area contributed by atoms with E-state index in [2.05, 4.69) is 12.2 Å². The van der Waals surface area contributed by atoms with Crippen molar-refractivity contribution in [1.82, 2.24) is 9.62 Å². The number of piperidine rings is 1. The Morgan fingerprint density at radius 3 is 2.50 bits per heavy atom. The van der Waals surface area contributed by atoms with Crippen LogP contribution in [0.15, 0.2) is 17.1 Å². The number of amidine groups is 1. The van der Waals surface area contributed by atoms with Crippen molar-refractivity contribution in [2.75, 3.05) is 24.6 Å². The molecule has 0 radical (unpaired) electrons. The normalized spacial score (nSPS) is 26.4. The lowest BCUT2D eigenvalue weighted by molar-refractivity contribution is -0.125. The van der Waals surface area contributed by atoms with Gasteiger partial charge in [-0.3, -0.25) is 9.79 Å². The van der Waals surface area contributed by atoms with Gasteiger partial charge in [0.1, 0.15) is 11.4 Å². The number of aliphatic hydroxyl groups is 2. The minimum atomic E-state index is -3.80. The first-order chi connectivity index (χ1) is 16.0. The molecule has 2 heterocycles. The van der Waals surface area contributed by atoms with E-state index in [0.29, 0.717) is 41.1 Å². The molecule has 1 atom stereocenters. The first-order valence-electron chi connectivity index (χ1n) is 12.1. The lowest BCUT2D eigenvalue weighted by Crippen LogP contribution is -2.51. The monoisotopic (exact) mass is 492 g/mol. The van der Waals surface area contributed by atoms with E-state index in [4.69, 9.17) is 10.7 Å². The van der Waals surface area contributed by atoms with Crippen molar-refractivity contribution in [3.63, 3.8) is 0 Å². The van der Waals surface area contributed by atoms with Crippen LogP contribution in [0.4, 0.5) is 5.69 Å². The van der Waals surface area contributed by atoms with Gasteiger partial charge in [0.25, 0.3) is 5.91 Å². The minimum absolute atomic E-state index is 0.122. The number of nitrogens with two attached hydrogens (primary N) is 1. The summed E-state index contributed by atoms with van der Waals surface area (Å²) in [7, 11) is -3.80. The SMILES string of the molecule is Cc1cc(N)cc(CO)c1C(O)CS(=O)(=O)N1CCC2(CC1)N=C(C1CCC(C)CC1)NC2=O. The van der Waals surface area contributed by atoms with E-state index < -0.39 is 27.4 Å². The summed E-state index contributed by atoms with van der Waals surface area (Å²) in [6, 6.07) is 3.19. The third-order valence-electron chi connectivity index (χ3n) is 7.71. The summed E-state index contributed by atoms with van der Waals surface area (Å²) in [6.45, 7) is 3.98. The van der Waals surface area contributed by atoms with Crippen LogP contribution in [0, 0.1) is 18.8 Å². The highest BCUT2D eigenvalue weighted by Gasteiger charge is 2.48. The number of nitrogens with one attached hydrogen (secondary N) is 1. The zero-order valence-electron chi connectivity index (χ0n) is 20.0. The van der Waals surface area contributed by atoms with Crippen LogP contribution in [0.2, 0.25) is 0 Å². The summed E-state index contributed by atoms with van der Waals surface area (Å²) in [5.41, 5.74) is 6.81. The summed E-state index contributed by atoms with van der Waals surface area (Å²) < 4.78 is 27.6. The molecule has 3 aliphatic rings. The van der Waals surface area contributed by atoms with Gasteiger partial charge in [0.15, 0.2) is 0 Å². The number of carbonyl (C=O) groups is 1. The van der Waals surface area contributed by atoms with E-state index >= 15 is 0 Å². The number of nitrogen functional groups attached to an aromatic ring is 1. The van der Waals surface area contributed by atoms with Gasteiger partial charge in [0, 0.05) is 24.7 Å². The van der Waals surface area contributed by atoms with Gasteiger partial charge < -0.3 is 21.3 Å². The molecule has 9 nitrogen and oxygen atoms in total. The number of aryl methyl sites for hydroxylation is 1. The van der Waals surface area contributed by atoms with Gasteiger partial charge in [-0.2, -0.15) is 0 Å². The molecule has 34 heavy (non-hydrogen) atoms. The Morgan fingerprint density at radius 1 is 1.24 bits per heavy atom. The highest BCUT2D eigenvalue weighted by Crippen LogP contribution is 2.36. The smallest absolute Gasteiger partial charge is 0.253 e. The number of carbonyl (C=O) groups excluding carboxylic acids is 1. The van der Waals surface area contributed by atoms with Crippen molar-refractivity contribution in [1.29, 1.82) is 0 Å². The molecule has 4 rings (SSSR count). The van der Waals surface area contributed by atoms with E-state index in [1.165, 1.54) is 4.31 Å². The largest absolute Gasteiger partial charge is 0.399 e. The van der Waals surface area contributed by atoms with Gasteiger partial charge >= 0.3 is 0 Å². The van der Waals surface area contributed by atoms with Crippen molar-refractivity contribution in [2.45, 2.75) is 70.6 Å². The lowest BCUT2D eigenvalue weighted by Gasteiger charge is -2.35. The fourth-order valence-electron chi connectivity index (χ4n) is 5.64. The van der Waals surface area contributed by atoms with Gasteiger partial charge in [-0.1, -0.05) is 19.8 Å². The fourth-order valence-corrected chi connectivity index (χ4v) is 7.15. The minimum Gasteiger partial charge on any atom is -0.399 e. The maximum atomic E-state index is 13.1. The summed E-state index contributed by atoms with van der Waals surface area (Å²) >= 11 is 0. The molecule has 1 aromatic carbocycles. The third-order valence-corrected chi connectivity index (χ3v) is 9.60. The van der Waals surface area contributed by atoms with Gasteiger partial charge in [-0.15, -0.1) is 0 Å². The molecule has 2 aliphatic heterocycles. The Balaban J connectivity index is 1.43. The molecule has 1 amide bonds. The van der Waals surface area contributed by atoms with Gasteiger partial charge in [0.2, 0.25) is 10.0 Å².